The molecule has 94 valence electrons. The van der Waals surface area contributed by atoms with E-state index in [1.54, 1.807) is 0 Å². The maximum Gasteiger partial charge on any atom is 0.416 e. The summed E-state index contributed by atoms with van der Waals surface area (Å²) in [5, 5.41) is 8.65. The van der Waals surface area contributed by atoms with Crippen LogP contribution in [0.3, 0.4) is 0 Å². The molecule has 0 fully saturated rings. The molecule has 0 aliphatic rings. The van der Waals surface area contributed by atoms with E-state index in [2.05, 4.69) is 0 Å². The predicted octanol–water partition coefficient (Wildman–Crippen LogP) is 3.66. The third-order valence-corrected chi connectivity index (χ3v) is 2.36. The normalized spacial score (nSPS) is 11.5. The van der Waals surface area contributed by atoms with Gasteiger partial charge in [-0.3, -0.25) is 0 Å². The monoisotopic (exact) mass is 256 g/mol. The molecule has 1 aromatic carbocycles. The first kappa shape index (κ1) is 12.2. The van der Waals surface area contributed by atoms with Gasteiger partial charge in [0, 0.05) is 5.56 Å². The number of benzene rings is 1. The van der Waals surface area contributed by atoms with Crippen molar-refractivity contribution in [1.29, 1.82) is 0 Å². The minimum Gasteiger partial charge on any atom is -0.475 e. The van der Waals surface area contributed by atoms with Crippen molar-refractivity contribution in [2.75, 3.05) is 0 Å². The second-order valence-electron chi connectivity index (χ2n) is 3.58. The molecule has 0 aliphatic carbocycles. The predicted molar refractivity (Wildman–Crippen MR) is 56.1 cm³/mol. The molecule has 2 rings (SSSR count). The maximum absolute atomic E-state index is 12.3. The number of aromatic carboxylic acids is 1. The Morgan fingerprint density at radius 1 is 1.11 bits per heavy atom. The van der Waals surface area contributed by atoms with Gasteiger partial charge in [0.05, 0.1) is 11.8 Å². The van der Waals surface area contributed by atoms with Crippen LogP contribution < -0.4 is 0 Å². The third-order valence-electron chi connectivity index (χ3n) is 2.36. The lowest BCUT2D eigenvalue weighted by molar-refractivity contribution is -0.137. The van der Waals surface area contributed by atoms with Gasteiger partial charge in [-0.05, 0) is 23.8 Å². The van der Waals surface area contributed by atoms with Gasteiger partial charge in [0.15, 0.2) is 0 Å². The molecule has 0 spiro atoms. The van der Waals surface area contributed by atoms with E-state index in [0.29, 0.717) is 11.1 Å². The van der Waals surface area contributed by atoms with Crippen LogP contribution in [0.4, 0.5) is 13.2 Å². The Kier molecular flexibility index (Phi) is 2.86. The van der Waals surface area contributed by atoms with Crippen molar-refractivity contribution in [1.82, 2.24) is 0 Å². The molecule has 0 unspecified atom stereocenters. The highest BCUT2D eigenvalue weighted by molar-refractivity contribution is 5.86. The third kappa shape index (κ3) is 2.37. The average Bonchev–Trinajstić information content (AvgIpc) is 2.77. The van der Waals surface area contributed by atoms with Crippen LogP contribution in [0.5, 0.6) is 0 Å². The number of carbonyl (C=O) groups is 1. The highest BCUT2D eigenvalue weighted by Gasteiger charge is 2.30. The van der Waals surface area contributed by atoms with E-state index in [9.17, 15) is 18.0 Å². The zero-order valence-electron chi connectivity index (χ0n) is 8.86. The standard InChI is InChI=1S/C12H7F3O3/c13-12(14,15)9-3-1-7(2-4-9)8-5-10(11(16)17)18-6-8/h1-6H,(H,16,17). The van der Waals surface area contributed by atoms with Crippen LogP contribution >= 0.6 is 0 Å². The van der Waals surface area contributed by atoms with Crippen molar-refractivity contribution in [3.05, 3.63) is 47.9 Å². The fourth-order valence-corrected chi connectivity index (χ4v) is 1.45. The van der Waals surface area contributed by atoms with E-state index in [1.807, 2.05) is 0 Å². The van der Waals surface area contributed by atoms with Gasteiger partial charge in [0.1, 0.15) is 0 Å². The lowest BCUT2D eigenvalue weighted by Gasteiger charge is -2.06. The molecule has 0 bridgehead atoms. The van der Waals surface area contributed by atoms with E-state index >= 15 is 0 Å². The smallest absolute Gasteiger partial charge is 0.416 e. The number of furan rings is 1. The molecular weight excluding hydrogens is 249 g/mol. The summed E-state index contributed by atoms with van der Waals surface area (Å²) in [4.78, 5) is 10.6. The summed E-state index contributed by atoms with van der Waals surface area (Å²) in [5.41, 5.74) is 0.119. The van der Waals surface area contributed by atoms with Crippen LogP contribution in [0.2, 0.25) is 0 Å². The Bertz CT molecular complexity index is 567. The van der Waals surface area contributed by atoms with E-state index in [4.69, 9.17) is 9.52 Å². The zero-order chi connectivity index (χ0) is 13.3. The van der Waals surface area contributed by atoms with Gasteiger partial charge in [-0.1, -0.05) is 12.1 Å². The van der Waals surface area contributed by atoms with Crippen molar-refractivity contribution in [3.8, 4) is 11.1 Å². The first-order valence-electron chi connectivity index (χ1n) is 4.87. The number of alkyl halides is 3. The minimum atomic E-state index is -4.39. The van der Waals surface area contributed by atoms with Crippen molar-refractivity contribution >= 4 is 5.97 Å². The number of carboxylic acid groups (broad SMARTS) is 1. The van der Waals surface area contributed by atoms with Crippen molar-refractivity contribution in [3.63, 3.8) is 0 Å². The molecule has 0 amide bonds. The van der Waals surface area contributed by atoms with Crippen LogP contribution in [0, 0.1) is 0 Å². The second-order valence-corrected chi connectivity index (χ2v) is 3.58. The Hall–Kier alpha value is -2.24. The summed E-state index contributed by atoms with van der Waals surface area (Å²) in [6.45, 7) is 0. The van der Waals surface area contributed by atoms with Crippen molar-refractivity contribution < 1.29 is 27.5 Å². The summed E-state index contributed by atoms with van der Waals surface area (Å²) in [5.74, 6) is -1.49. The molecule has 1 N–H and O–H groups in total. The second kappa shape index (κ2) is 4.21. The van der Waals surface area contributed by atoms with Gasteiger partial charge in [-0.2, -0.15) is 13.2 Å². The molecule has 0 radical (unpaired) electrons. The summed E-state index contributed by atoms with van der Waals surface area (Å²) in [7, 11) is 0. The minimum absolute atomic E-state index is 0.259. The summed E-state index contributed by atoms with van der Waals surface area (Å²) in [6.07, 6.45) is -3.20. The highest BCUT2D eigenvalue weighted by atomic mass is 19.4. The van der Waals surface area contributed by atoms with E-state index < -0.39 is 17.7 Å². The molecule has 0 aliphatic heterocycles. The van der Waals surface area contributed by atoms with Crippen LogP contribution in [0.25, 0.3) is 11.1 Å². The Morgan fingerprint density at radius 2 is 1.72 bits per heavy atom. The molecule has 1 heterocycles. The molecule has 2 aromatic rings. The number of hydrogen-bond acceptors (Lipinski definition) is 2. The van der Waals surface area contributed by atoms with Gasteiger partial charge in [-0.25, -0.2) is 4.79 Å². The van der Waals surface area contributed by atoms with Crippen molar-refractivity contribution in [2.45, 2.75) is 6.18 Å². The molecule has 0 atom stereocenters. The largest absolute Gasteiger partial charge is 0.475 e. The fraction of sp³-hybridized carbons (Fsp3) is 0.0833. The number of carboxylic acids is 1. The van der Waals surface area contributed by atoms with E-state index in [1.165, 1.54) is 24.5 Å². The lowest BCUT2D eigenvalue weighted by Crippen LogP contribution is -2.03. The fourth-order valence-electron chi connectivity index (χ4n) is 1.45. The Labute approximate surface area is 99.5 Å². The molecule has 6 heteroatoms. The first-order chi connectivity index (χ1) is 8.38. The van der Waals surface area contributed by atoms with Gasteiger partial charge in [-0.15, -0.1) is 0 Å². The Morgan fingerprint density at radius 3 is 2.17 bits per heavy atom. The molecular formula is C12H7F3O3. The van der Waals surface area contributed by atoms with Gasteiger partial charge >= 0.3 is 12.1 Å². The van der Waals surface area contributed by atoms with Gasteiger partial charge in [0.2, 0.25) is 5.76 Å². The summed E-state index contributed by atoms with van der Waals surface area (Å²) in [6, 6.07) is 5.65. The highest BCUT2D eigenvalue weighted by Crippen LogP contribution is 2.31. The molecule has 0 saturated heterocycles. The first-order valence-corrected chi connectivity index (χ1v) is 4.87. The molecule has 18 heavy (non-hydrogen) atoms. The van der Waals surface area contributed by atoms with E-state index in [-0.39, 0.29) is 5.76 Å². The van der Waals surface area contributed by atoms with Gasteiger partial charge < -0.3 is 9.52 Å². The lowest BCUT2D eigenvalue weighted by atomic mass is 10.1. The topological polar surface area (TPSA) is 50.4 Å². The number of hydrogen-bond donors (Lipinski definition) is 1. The number of halogens is 3. The summed E-state index contributed by atoms with van der Waals surface area (Å²) < 4.78 is 41.8. The zero-order valence-corrected chi connectivity index (χ0v) is 8.86. The number of rotatable bonds is 2. The maximum atomic E-state index is 12.3. The van der Waals surface area contributed by atoms with Crippen molar-refractivity contribution in [2.24, 2.45) is 0 Å². The van der Waals surface area contributed by atoms with Crippen LogP contribution in [-0.2, 0) is 6.18 Å². The quantitative estimate of drug-likeness (QED) is 0.891. The van der Waals surface area contributed by atoms with Crippen LogP contribution in [0.15, 0.2) is 41.0 Å². The summed E-state index contributed by atoms with van der Waals surface area (Å²) >= 11 is 0. The molecule has 3 nitrogen and oxygen atoms in total. The van der Waals surface area contributed by atoms with Crippen LogP contribution in [-0.4, -0.2) is 11.1 Å². The molecule has 1 aromatic heterocycles. The SMILES string of the molecule is O=C(O)c1cc(-c2ccc(C(F)(F)F)cc2)co1. The van der Waals surface area contributed by atoms with E-state index in [0.717, 1.165) is 12.1 Å². The molecule has 0 saturated carbocycles. The average molecular weight is 256 g/mol. The van der Waals surface area contributed by atoms with Crippen LogP contribution in [0.1, 0.15) is 16.1 Å². The van der Waals surface area contributed by atoms with Gasteiger partial charge in [0.25, 0.3) is 0 Å². The Balaban J connectivity index is 2.31.